The third-order valence-electron chi connectivity index (χ3n) is 4.07. The van der Waals surface area contributed by atoms with E-state index in [1.165, 1.54) is 33.3 Å². The number of nitrogens with one attached hydrogen (secondary N) is 1. The van der Waals surface area contributed by atoms with Crippen LogP contribution in [0.25, 0.3) is 0 Å². The molecule has 2 rings (SSSR count). The molecule has 0 radical (unpaired) electrons. The minimum Gasteiger partial charge on any atom is -0.496 e. The van der Waals surface area contributed by atoms with Gasteiger partial charge in [-0.15, -0.1) is 0 Å². The van der Waals surface area contributed by atoms with Gasteiger partial charge < -0.3 is 10.1 Å². The number of carbonyl (C=O) groups excluding carboxylic acids is 1. The third-order valence-corrected chi connectivity index (χ3v) is 6.10. The summed E-state index contributed by atoms with van der Waals surface area (Å²) in [5.41, 5.74) is 2.20. The number of anilines is 1. The zero-order chi connectivity index (χ0) is 19.6. The summed E-state index contributed by atoms with van der Waals surface area (Å²) in [5, 5.41) is 3.16. The number of ether oxygens (including phenoxy) is 1. The summed E-state index contributed by atoms with van der Waals surface area (Å²) in [6.45, 7) is 3.60. The van der Waals surface area contributed by atoms with Crippen LogP contribution in [0.1, 0.15) is 21.5 Å². The Hall–Kier alpha value is -2.09. The number of sulfonamides is 1. The van der Waals surface area contributed by atoms with Crippen LogP contribution < -0.4 is 10.1 Å². The first-order chi connectivity index (χ1) is 12.1. The molecule has 6 nitrogen and oxygen atoms in total. The van der Waals surface area contributed by atoms with Crippen molar-refractivity contribution in [2.45, 2.75) is 18.7 Å². The van der Waals surface area contributed by atoms with Gasteiger partial charge >= 0.3 is 0 Å². The van der Waals surface area contributed by atoms with E-state index in [9.17, 15) is 13.2 Å². The summed E-state index contributed by atoms with van der Waals surface area (Å²) in [5.74, 6) is -0.0652. The highest BCUT2D eigenvalue weighted by Crippen LogP contribution is 2.28. The van der Waals surface area contributed by atoms with Crippen LogP contribution in [0, 0.1) is 13.8 Å². The van der Waals surface area contributed by atoms with Gasteiger partial charge in [0.2, 0.25) is 10.0 Å². The SMILES string of the molecule is COc1ccc(Cl)cc1C(=O)Nc1cc(S(=O)(=O)N(C)C)cc(C)c1C. The highest BCUT2D eigenvalue weighted by molar-refractivity contribution is 7.89. The summed E-state index contributed by atoms with van der Waals surface area (Å²) in [4.78, 5) is 12.8. The van der Waals surface area contributed by atoms with Gasteiger partial charge in [0.15, 0.2) is 0 Å². The first-order valence-electron chi connectivity index (χ1n) is 7.76. The molecule has 0 aromatic heterocycles. The highest BCUT2D eigenvalue weighted by atomic mass is 35.5. The van der Waals surface area contributed by atoms with Crippen LogP contribution in [0.15, 0.2) is 35.2 Å². The Balaban J connectivity index is 2.49. The van der Waals surface area contributed by atoms with Gasteiger partial charge in [0.05, 0.1) is 17.6 Å². The molecule has 2 aromatic rings. The number of amides is 1. The molecular weight excluding hydrogens is 376 g/mol. The molecule has 1 N–H and O–H groups in total. The third kappa shape index (κ3) is 4.00. The van der Waals surface area contributed by atoms with E-state index in [4.69, 9.17) is 16.3 Å². The molecule has 0 unspecified atom stereocenters. The molecule has 1 amide bonds. The lowest BCUT2D eigenvalue weighted by Gasteiger charge is -2.17. The van der Waals surface area contributed by atoms with E-state index >= 15 is 0 Å². The highest BCUT2D eigenvalue weighted by Gasteiger charge is 2.21. The normalized spacial score (nSPS) is 11.5. The van der Waals surface area contributed by atoms with Gasteiger partial charge in [-0.3, -0.25) is 4.79 Å². The first kappa shape index (κ1) is 20.2. The molecule has 8 heteroatoms. The van der Waals surface area contributed by atoms with Crippen LogP contribution in [0.5, 0.6) is 5.75 Å². The maximum atomic E-state index is 12.7. The number of aryl methyl sites for hydroxylation is 1. The van der Waals surface area contributed by atoms with Crippen molar-refractivity contribution >= 4 is 33.2 Å². The van der Waals surface area contributed by atoms with E-state index < -0.39 is 15.9 Å². The average Bonchev–Trinajstić information content (AvgIpc) is 2.58. The van der Waals surface area contributed by atoms with Crippen molar-refractivity contribution in [3.05, 3.63) is 52.0 Å². The Bertz CT molecular complexity index is 956. The Morgan fingerprint density at radius 2 is 1.81 bits per heavy atom. The van der Waals surface area contributed by atoms with Gasteiger partial charge in [-0.25, -0.2) is 12.7 Å². The zero-order valence-corrected chi connectivity index (χ0v) is 16.8. The average molecular weight is 397 g/mol. The molecule has 0 fully saturated rings. The fourth-order valence-electron chi connectivity index (χ4n) is 2.36. The number of methoxy groups -OCH3 is 1. The molecule has 0 spiro atoms. The number of carbonyl (C=O) groups is 1. The molecule has 140 valence electrons. The lowest BCUT2D eigenvalue weighted by molar-refractivity contribution is 0.102. The van der Waals surface area contributed by atoms with E-state index in [0.29, 0.717) is 16.5 Å². The van der Waals surface area contributed by atoms with Crippen LogP contribution in [0.2, 0.25) is 5.02 Å². The maximum Gasteiger partial charge on any atom is 0.259 e. The fraction of sp³-hybridized carbons (Fsp3) is 0.278. The zero-order valence-electron chi connectivity index (χ0n) is 15.3. The summed E-state index contributed by atoms with van der Waals surface area (Å²) >= 11 is 5.98. The number of hydrogen-bond acceptors (Lipinski definition) is 4. The van der Waals surface area contributed by atoms with Crippen molar-refractivity contribution in [3.63, 3.8) is 0 Å². The maximum absolute atomic E-state index is 12.7. The van der Waals surface area contributed by atoms with Gasteiger partial charge in [-0.1, -0.05) is 11.6 Å². The number of rotatable bonds is 5. The predicted molar refractivity (Wildman–Crippen MR) is 103 cm³/mol. The second-order valence-corrected chi connectivity index (χ2v) is 8.59. The van der Waals surface area contributed by atoms with E-state index in [1.54, 1.807) is 25.1 Å². The predicted octanol–water partition coefficient (Wildman–Crippen LogP) is 3.47. The van der Waals surface area contributed by atoms with Crippen molar-refractivity contribution in [1.82, 2.24) is 4.31 Å². The molecular formula is C18H21ClN2O4S. The van der Waals surface area contributed by atoms with E-state index in [1.807, 2.05) is 6.92 Å². The van der Waals surface area contributed by atoms with Gasteiger partial charge in [0, 0.05) is 24.8 Å². The molecule has 0 saturated carbocycles. The van der Waals surface area contributed by atoms with Crippen LogP contribution in [-0.2, 0) is 10.0 Å². The van der Waals surface area contributed by atoms with Crippen molar-refractivity contribution < 1.29 is 17.9 Å². The Morgan fingerprint density at radius 1 is 1.15 bits per heavy atom. The summed E-state index contributed by atoms with van der Waals surface area (Å²) in [7, 11) is 0.752. The van der Waals surface area contributed by atoms with Gasteiger partial charge in [-0.2, -0.15) is 0 Å². The molecule has 0 aliphatic carbocycles. The summed E-state index contributed by atoms with van der Waals surface area (Å²) in [6.07, 6.45) is 0. The van der Waals surface area contributed by atoms with Gasteiger partial charge in [0.25, 0.3) is 5.91 Å². The van der Waals surface area contributed by atoms with Crippen molar-refractivity contribution in [1.29, 1.82) is 0 Å². The van der Waals surface area contributed by atoms with Crippen LogP contribution in [0.3, 0.4) is 0 Å². The number of nitrogens with zero attached hydrogens (tertiary/aromatic N) is 1. The molecule has 2 aromatic carbocycles. The number of halogens is 1. The Labute approximate surface area is 158 Å². The van der Waals surface area contributed by atoms with E-state index in [-0.39, 0.29) is 10.5 Å². The van der Waals surface area contributed by atoms with Gasteiger partial charge in [0.1, 0.15) is 5.75 Å². The van der Waals surface area contributed by atoms with Crippen molar-refractivity contribution in [2.75, 3.05) is 26.5 Å². The van der Waals surface area contributed by atoms with Crippen molar-refractivity contribution in [3.8, 4) is 5.75 Å². The second-order valence-electron chi connectivity index (χ2n) is 6.00. The number of hydrogen-bond donors (Lipinski definition) is 1. The largest absolute Gasteiger partial charge is 0.496 e. The first-order valence-corrected chi connectivity index (χ1v) is 9.58. The summed E-state index contributed by atoms with van der Waals surface area (Å²) in [6, 6.07) is 7.75. The quantitative estimate of drug-likeness (QED) is 0.839. The lowest BCUT2D eigenvalue weighted by atomic mass is 10.1. The van der Waals surface area contributed by atoms with Crippen LogP contribution in [0.4, 0.5) is 5.69 Å². The molecule has 26 heavy (non-hydrogen) atoms. The Morgan fingerprint density at radius 3 is 2.38 bits per heavy atom. The fourth-order valence-corrected chi connectivity index (χ4v) is 3.55. The van der Waals surface area contributed by atoms with E-state index in [2.05, 4.69) is 5.32 Å². The topological polar surface area (TPSA) is 75.7 Å². The standard InChI is InChI=1S/C18H21ClN2O4S/c1-11-8-14(26(23,24)21(3)4)10-16(12(11)2)20-18(22)15-9-13(19)6-7-17(15)25-5/h6-10H,1-5H3,(H,20,22). The molecule has 0 aliphatic heterocycles. The molecule has 0 bridgehead atoms. The van der Waals surface area contributed by atoms with Crippen LogP contribution in [-0.4, -0.2) is 39.8 Å². The van der Waals surface area contributed by atoms with Gasteiger partial charge in [-0.05, 0) is 55.3 Å². The molecule has 0 aliphatic rings. The minimum atomic E-state index is -3.62. The lowest BCUT2D eigenvalue weighted by Crippen LogP contribution is -2.23. The minimum absolute atomic E-state index is 0.110. The second kappa shape index (κ2) is 7.65. The molecule has 0 heterocycles. The van der Waals surface area contributed by atoms with E-state index in [0.717, 1.165) is 15.4 Å². The smallest absolute Gasteiger partial charge is 0.259 e. The summed E-state index contributed by atoms with van der Waals surface area (Å²) < 4.78 is 31.2. The number of benzene rings is 2. The molecule has 0 saturated heterocycles. The molecule has 0 atom stereocenters. The Kier molecular flexibility index (Phi) is 5.95. The monoisotopic (exact) mass is 396 g/mol. The van der Waals surface area contributed by atoms with Crippen molar-refractivity contribution in [2.24, 2.45) is 0 Å². The van der Waals surface area contributed by atoms with Crippen LogP contribution >= 0.6 is 11.6 Å².